The minimum Gasteiger partial charge on any atom is -0.493 e. The molecule has 2 fully saturated rings. The predicted octanol–water partition coefficient (Wildman–Crippen LogP) is 5.36. The van der Waals surface area contributed by atoms with Gasteiger partial charge >= 0.3 is 6.09 Å². The van der Waals surface area contributed by atoms with Gasteiger partial charge in [0, 0.05) is 31.6 Å². The number of nitrogens with one attached hydrogen (secondary N) is 1. The van der Waals surface area contributed by atoms with Crippen LogP contribution in [0.3, 0.4) is 0 Å². The van der Waals surface area contributed by atoms with Crippen LogP contribution in [-0.4, -0.2) is 67.4 Å². The Bertz CT molecular complexity index is 1940. The number of benzene rings is 4. The lowest BCUT2D eigenvalue weighted by Crippen LogP contribution is -2.42. The van der Waals surface area contributed by atoms with E-state index in [1.807, 2.05) is 66.7 Å². The second-order valence-corrected chi connectivity index (χ2v) is 13.4. The molecule has 276 valence electrons. The molecule has 0 spiro atoms. The van der Waals surface area contributed by atoms with Gasteiger partial charge in [-0.05, 0) is 58.5 Å². The fourth-order valence-corrected chi connectivity index (χ4v) is 7.15. The van der Waals surface area contributed by atoms with Gasteiger partial charge in [-0.15, -0.1) is 0 Å². The van der Waals surface area contributed by atoms with Gasteiger partial charge in [0.1, 0.15) is 12.6 Å². The summed E-state index contributed by atoms with van der Waals surface area (Å²) < 4.78 is 29.6. The van der Waals surface area contributed by atoms with Crippen molar-refractivity contribution in [2.45, 2.75) is 63.6 Å². The normalized spacial score (nSPS) is 21.6. The van der Waals surface area contributed by atoms with Gasteiger partial charge in [0.05, 0.1) is 45.1 Å². The number of nitrogens with zero attached hydrogens (tertiary/aromatic N) is 2. The first-order chi connectivity index (χ1) is 25.8. The maximum Gasteiger partial charge on any atom is 0.408 e. The minimum atomic E-state index is -1.05. The Kier molecular flexibility index (Phi) is 11.0. The fraction of sp³-hybridized carbons (Fsp3) is 0.341. The van der Waals surface area contributed by atoms with Gasteiger partial charge in [-0.1, -0.05) is 66.7 Å². The van der Waals surface area contributed by atoms with E-state index in [9.17, 15) is 19.5 Å². The van der Waals surface area contributed by atoms with Crippen LogP contribution in [0, 0.1) is 0 Å². The predicted molar refractivity (Wildman–Crippen MR) is 194 cm³/mol. The summed E-state index contributed by atoms with van der Waals surface area (Å²) in [5.74, 6) is 0.429. The van der Waals surface area contributed by atoms with E-state index < -0.39 is 30.2 Å². The van der Waals surface area contributed by atoms with E-state index in [4.69, 9.17) is 23.7 Å². The standard InChI is InChI=1S/C41H43N3O9/c1-49-36-18-29-15-16-43(22-31(29)19-37(36)50-2)23-33-20-35(28-13-11-26(24-45)12-14-28)53-40(52-33)30-9-6-10-32(17-30)44-38(46)21-34(39(44)47)42-41(48)51-25-27-7-4-3-5-8-27/h3-14,17-19,33-35,40,45H,15-16,20-25H2,1-2H3,(H,42,48)/t33-,34?,35+,40+/m1/s1. The molecule has 3 aliphatic heterocycles. The zero-order valence-electron chi connectivity index (χ0n) is 29.7. The Labute approximate surface area is 308 Å². The van der Waals surface area contributed by atoms with Crippen molar-refractivity contribution in [3.05, 3.63) is 124 Å². The first-order valence-corrected chi connectivity index (χ1v) is 17.7. The molecule has 0 bridgehead atoms. The molecule has 3 aliphatic rings. The number of anilines is 1. The number of aliphatic hydroxyl groups is 1. The van der Waals surface area contributed by atoms with Gasteiger partial charge in [-0.2, -0.15) is 0 Å². The van der Waals surface area contributed by atoms with Crippen molar-refractivity contribution < 1.29 is 43.2 Å². The first-order valence-electron chi connectivity index (χ1n) is 17.7. The smallest absolute Gasteiger partial charge is 0.408 e. The van der Waals surface area contributed by atoms with Crippen LogP contribution in [0.4, 0.5) is 10.5 Å². The van der Waals surface area contributed by atoms with E-state index in [2.05, 4.69) is 16.3 Å². The van der Waals surface area contributed by atoms with Crippen LogP contribution < -0.4 is 19.7 Å². The van der Waals surface area contributed by atoms with Gasteiger partial charge in [0.15, 0.2) is 17.8 Å². The summed E-state index contributed by atoms with van der Waals surface area (Å²) in [5.41, 5.74) is 5.97. The third kappa shape index (κ3) is 8.21. The lowest BCUT2D eigenvalue weighted by atomic mass is 9.97. The molecule has 0 radical (unpaired) electrons. The zero-order chi connectivity index (χ0) is 36.9. The molecular formula is C41H43N3O9. The highest BCUT2D eigenvalue weighted by molar-refractivity contribution is 6.22. The van der Waals surface area contributed by atoms with Crippen LogP contribution >= 0.6 is 0 Å². The van der Waals surface area contributed by atoms with Crippen LogP contribution in [0.2, 0.25) is 0 Å². The first kappa shape index (κ1) is 36.1. The van der Waals surface area contributed by atoms with Crippen molar-refractivity contribution in [1.29, 1.82) is 0 Å². The number of methoxy groups -OCH3 is 2. The zero-order valence-corrected chi connectivity index (χ0v) is 29.7. The van der Waals surface area contributed by atoms with Crippen LogP contribution in [0.1, 0.15) is 58.6 Å². The Balaban J connectivity index is 1.07. The van der Waals surface area contributed by atoms with Gasteiger partial charge in [0.2, 0.25) is 5.91 Å². The Morgan fingerprint density at radius 1 is 0.868 bits per heavy atom. The van der Waals surface area contributed by atoms with Crippen LogP contribution in [-0.2, 0) is 50.0 Å². The summed E-state index contributed by atoms with van der Waals surface area (Å²) >= 11 is 0. The van der Waals surface area contributed by atoms with Crippen LogP contribution in [0.5, 0.6) is 11.5 Å². The van der Waals surface area contributed by atoms with Crippen molar-refractivity contribution in [3.63, 3.8) is 0 Å². The molecule has 4 aromatic carbocycles. The number of amides is 3. The summed E-state index contributed by atoms with van der Waals surface area (Å²) in [4.78, 5) is 42.6. The van der Waals surface area contributed by atoms with E-state index in [0.29, 0.717) is 30.0 Å². The maximum absolute atomic E-state index is 13.5. The highest BCUT2D eigenvalue weighted by Gasteiger charge is 2.41. The second-order valence-electron chi connectivity index (χ2n) is 13.4. The van der Waals surface area contributed by atoms with E-state index in [-0.39, 0.29) is 31.8 Å². The number of alkyl carbamates (subject to hydrolysis) is 1. The van der Waals surface area contributed by atoms with Crippen LogP contribution in [0.25, 0.3) is 0 Å². The number of carbonyl (C=O) groups excluding carboxylic acids is 3. The highest BCUT2D eigenvalue weighted by Crippen LogP contribution is 2.40. The molecule has 7 rings (SSSR count). The van der Waals surface area contributed by atoms with E-state index >= 15 is 0 Å². The molecular weight excluding hydrogens is 678 g/mol. The molecule has 53 heavy (non-hydrogen) atoms. The largest absolute Gasteiger partial charge is 0.493 e. The molecule has 4 aromatic rings. The number of hydrogen-bond donors (Lipinski definition) is 2. The SMILES string of the molecule is COc1cc2c(cc1OC)CN(C[C@H]1C[C@@H](c3ccc(CO)cc3)O[C@@H](c3cccc(N4C(=O)CC(NC(=O)OCc5ccccc5)C4=O)c3)O1)CC2. The number of imide groups is 1. The Hall–Kier alpha value is -5.27. The molecule has 3 amide bonds. The Morgan fingerprint density at radius 2 is 1.62 bits per heavy atom. The number of aliphatic hydroxyl groups excluding tert-OH is 1. The monoisotopic (exact) mass is 721 g/mol. The molecule has 1 unspecified atom stereocenters. The average molecular weight is 722 g/mol. The maximum atomic E-state index is 13.5. The van der Waals surface area contributed by atoms with Crippen molar-refractivity contribution >= 4 is 23.6 Å². The third-order valence-electron chi connectivity index (χ3n) is 9.93. The summed E-state index contributed by atoms with van der Waals surface area (Å²) in [6.45, 7) is 2.19. The number of ether oxygens (including phenoxy) is 5. The average Bonchev–Trinajstić information content (AvgIpc) is 3.47. The van der Waals surface area contributed by atoms with Gasteiger partial charge < -0.3 is 34.1 Å². The third-order valence-corrected chi connectivity index (χ3v) is 9.93. The van der Waals surface area contributed by atoms with Crippen molar-refractivity contribution in [2.24, 2.45) is 0 Å². The quantitative estimate of drug-likeness (QED) is 0.195. The molecule has 2 N–H and O–H groups in total. The molecule has 0 aliphatic carbocycles. The van der Waals surface area contributed by atoms with E-state index in [1.54, 1.807) is 32.4 Å². The molecule has 3 heterocycles. The minimum absolute atomic E-state index is 0.0390. The van der Waals surface area contributed by atoms with Crippen molar-refractivity contribution in [1.82, 2.24) is 10.2 Å². The summed E-state index contributed by atoms with van der Waals surface area (Å²) in [7, 11) is 3.28. The Morgan fingerprint density at radius 3 is 2.36 bits per heavy atom. The molecule has 0 saturated carbocycles. The van der Waals surface area contributed by atoms with Gasteiger partial charge in [-0.25, -0.2) is 9.69 Å². The lowest BCUT2D eigenvalue weighted by molar-refractivity contribution is -0.253. The lowest BCUT2D eigenvalue weighted by Gasteiger charge is -2.39. The van der Waals surface area contributed by atoms with Gasteiger partial charge in [0.25, 0.3) is 5.91 Å². The number of rotatable bonds is 11. The van der Waals surface area contributed by atoms with E-state index in [0.717, 1.165) is 46.9 Å². The number of carbonyl (C=O) groups is 3. The van der Waals surface area contributed by atoms with Crippen molar-refractivity contribution in [2.75, 3.05) is 32.2 Å². The summed E-state index contributed by atoms with van der Waals surface area (Å²) in [5, 5.41) is 12.2. The van der Waals surface area contributed by atoms with Crippen LogP contribution in [0.15, 0.2) is 91.0 Å². The molecule has 4 atom stereocenters. The molecule has 2 saturated heterocycles. The molecule has 0 aromatic heterocycles. The topological polar surface area (TPSA) is 136 Å². The fourth-order valence-electron chi connectivity index (χ4n) is 7.15. The number of fused-ring (bicyclic) bond motifs is 1. The molecule has 12 nitrogen and oxygen atoms in total. The highest BCUT2D eigenvalue weighted by atomic mass is 16.7. The summed E-state index contributed by atoms with van der Waals surface area (Å²) in [6, 6.07) is 26.9. The van der Waals surface area contributed by atoms with Gasteiger partial charge in [-0.3, -0.25) is 14.5 Å². The van der Waals surface area contributed by atoms with E-state index in [1.165, 1.54) is 11.1 Å². The summed E-state index contributed by atoms with van der Waals surface area (Å²) in [6.07, 6.45) is -0.845. The second kappa shape index (κ2) is 16.2. The number of hydrogen-bond acceptors (Lipinski definition) is 10. The molecule has 12 heteroatoms. The van der Waals surface area contributed by atoms with Crippen molar-refractivity contribution in [3.8, 4) is 11.5 Å².